The highest BCUT2D eigenvalue weighted by Gasteiger charge is 2.15. The molecule has 0 radical (unpaired) electrons. The molecule has 0 N–H and O–H groups in total. The molecule has 0 bridgehead atoms. The molecular weight excluding hydrogens is 356 g/mol. The molecule has 0 aliphatic rings. The van der Waals surface area contributed by atoms with Gasteiger partial charge in [-0.15, -0.1) is 0 Å². The number of nitrogens with zero attached hydrogens (tertiary/aromatic N) is 5. The van der Waals surface area contributed by atoms with Gasteiger partial charge in [0.1, 0.15) is 0 Å². The first-order chi connectivity index (χ1) is 13.0. The monoisotopic (exact) mass is 369 g/mol. The van der Waals surface area contributed by atoms with Crippen LogP contribution in [0, 0.1) is 6.92 Å². The average Bonchev–Trinajstić information content (AvgIpc) is 3.00. The first-order valence-corrected chi connectivity index (χ1v) is 7.97. The topological polar surface area (TPSA) is 74.3 Å². The maximum absolute atomic E-state index is 12.9. The van der Waals surface area contributed by atoms with Crippen LogP contribution in [0.5, 0.6) is 5.88 Å². The van der Waals surface area contributed by atoms with Gasteiger partial charge >= 0.3 is 12.3 Å². The number of aryl methyl sites for hydroxylation is 1. The number of fused-ring (bicyclic) bond motifs is 1. The molecule has 4 aromatic rings. The second-order valence-corrected chi connectivity index (χ2v) is 5.69. The SMILES string of the molecule is Cc1c(-c2ccnc(OC(F)F)c2)cc2cnn(-c3ccccn3)c(=O)n12. The van der Waals surface area contributed by atoms with Crippen molar-refractivity contribution in [2.45, 2.75) is 13.5 Å². The Bertz CT molecular complexity index is 1170. The number of ether oxygens (including phenoxy) is 1. The summed E-state index contributed by atoms with van der Waals surface area (Å²) < 4.78 is 31.9. The highest BCUT2D eigenvalue weighted by molar-refractivity contribution is 5.73. The van der Waals surface area contributed by atoms with Gasteiger partial charge in [0.2, 0.25) is 5.88 Å². The smallest absolute Gasteiger partial charge is 0.388 e. The standard InChI is InChI=1S/C18H13F2N5O2/c1-11-14(12-5-7-22-16(8-12)27-17(19)20)9-13-10-23-25(18(26)24(11)13)15-4-2-3-6-21-15/h2-10,17H,1H3. The molecule has 0 aliphatic carbocycles. The summed E-state index contributed by atoms with van der Waals surface area (Å²) in [7, 11) is 0. The molecule has 0 fully saturated rings. The van der Waals surface area contributed by atoms with Gasteiger partial charge in [-0.05, 0) is 36.8 Å². The van der Waals surface area contributed by atoms with E-state index in [1.54, 1.807) is 49.6 Å². The third-order valence-corrected chi connectivity index (χ3v) is 4.08. The number of alkyl halides is 2. The van der Waals surface area contributed by atoms with E-state index in [1.165, 1.54) is 21.3 Å². The molecular formula is C18H13F2N5O2. The van der Waals surface area contributed by atoms with Gasteiger partial charge in [0.05, 0.1) is 11.7 Å². The van der Waals surface area contributed by atoms with Gasteiger partial charge in [0.15, 0.2) is 5.82 Å². The third kappa shape index (κ3) is 3.03. The molecule has 0 saturated carbocycles. The molecule has 4 heterocycles. The fourth-order valence-electron chi connectivity index (χ4n) is 2.90. The van der Waals surface area contributed by atoms with Crippen molar-refractivity contribution in [2.75, 3.05) is 0 Å². The molecule has 0 amide bonds. The van der Waals surface area contributed by atoms with Gasteiger partial charge in [-0.1, -0.05) is 6.07 Å². The van der Waals surface area contributed by atoms with Crippen molar-refractivity contribution in [1.29, 1.82) is 0 Å². The lowest BCUT2D eigenvalue weighted by Crippen LogP contribution is -2.28. The number of halogens is 2. The lowest BCUT2D eigenvalue weighted by molar-refractivity contribution is -0.0528. The van der Waals surface area contributed by atoms with Crippen LogP contribution in [0.4, 0.5) is 8.78 Å². The number of hydrogen-bond acceptors (Lipinski definition) is 5. The Hall–Kier alpha value is -3.62. The molecule has 9 heteroatoms. The zero-order valence-electron chi connectivity index (χ0n) is 14.1. The molecule has 0 spiro atoms. The molecule has 4 aromatic heterocycles. The number of pyridine rings is 2. The minimum atomic E-state index is -2.96. The summed E-state index contributed by atoms with van der Waals surface area (Å²) in [6, 6.07) is 10.00. The van der Waals surface area contributed by atoms with Crippen LogP contribution in [0.15, 0.2) is 59.8 Å². The fourth-order valence-corrected chi connectivity index (χ4v) is 2.90. The van der Waals surface area contributed by atoms with E-state index in [1.807, 2.05) is 0 Å². The zero-order chi connectivity index (χ0) is 19.0. The van der Waals surface area contributed by atoms with Gasteiger partial charge in [-0.3, -0.25) is 4.40 Å². The predicted molar refractivity (Wildman–Crippen MR) is 93.2 cm³/mol. The summed E-state index contributed by atoms with van der Waals surface area (Å²) in [5.41, 5.74) is 2.12. The van der Waals surface area contributed by atoms with Crippen molar-refractivity contribution in [3.63, 3.8) is 0 Å². The minimum Gasteiger partial charge on any atom is -0.417 e. The van der Waals surface area contributed by atoms with Crippen LogP contribution < -0.4 is 10.4 Å². The number of rotatable bonds is 4. The predicted octanol–water partition coefficient (Wildman–Crippen LogP) is 2.85. The fraction of sp³-hybridized carbons (Fsp3) is 0.111. The van der Waals surface area contributed by atoms with E-state index in [-0.39, 0.29) is 11.6 Å². The van der Waals surface area contributed by atoms with Crippen molar-refractivity contribution in [1.82, 2.24) is 24.1 Å². The Morgan fingerprint density at radius 2 is 1.96 bits per heavy atom. The van der Waals surface area contributed by atoms with Crippen LogP contribution in [-0.2, 0) is 0 Å². The first kappa shape index (κ1) is 16.8. The lowest BCUT2D eigenvalue weighted by atomic mass is 10.1. The van der Waals surface area contributed by atoms with Crippen molar-refractivity contribution in [3.8, 4) is 22.8 Å². The molecule has 27 heavy (non-hydrogen) atoms. The minimum absolute atomic E-state index is 0.193. The van der Waals surface area contributed by atoms with Crippen molar-refractivity contribution in [3.05, 3.63) is 71.2 Å². The third-order valence-electron chi connectivity index (χ3n) is 4.08. The second-order valence-electron chi connectivity index (χ2n) is 5.69. The Kier molecular flexibility index (Phi) is 4.11. The van der Waals surface area contributed by atoms with Crippen molar-refractivity contribution < 1.29 is 13.5 Å². The summed E-state index contributed by atoms with van der Waals surface area (Å²) >= 11 is 0. The Labute approximate surface area is 151 Å². The summed E-state index contributed by atoms with van der Waals surface area (Å²) in [5, 5.41) is 4.17. The van der Waals surface area contributed by atoms with Gasteiger partial charge in [0, 0.05) is 29.7 Å². The number of hydrogen-bond donors (Lipinski definition) is 0. The van der Waals surface area contributed by atoms with E-state index >= 15 is 0 Å². The van der Waals surface area contributed by atoms with Crippen LogP contribution >= 0.6 is 0 Å². The second kappa shape index (κ2) is 6.60. The molecule has 4 rings (SSSR count). The Balaban J connectivity index is 1.86. The molecule has 7 nitrogen and oxygen atoms in total. The summed E-state index contributed by atoms with van der Waals surface area (Å²) in [6.45, 7) is -1.20. The van der Waals surface area contributed by atoms with Gasteiger partial charge < -0.3 is 4.74 Å². The van der Waals surface area contributed by atoms with Crippen molar-refractivity contribution in [2.24, 2.45) is 0 Å². The van der Waals surface area contributed by atoms with E-state index < -0.39 is 6.61 Å². The Morgan fingerprint density at radius 1 is 1.11 bits per heavy atom. The van der Waals surface area contributed by atoms with Gasteiger partial charge in [0.25, 0.3) is 0 Å². The van der Waals surface area contributed by atoms with Gasteiger partial charge in [-0.25, -0.2) is 14.8 Å². The summed E-state index contributed by atoms with van der Waals surface area (Å²) in [5.74, 6) is 0.205. The Morgan fingerprint density at radius 3 is 2.70 bits per heavy atom. The highest BCUT2D eigenvalue weighted by atomic mass is 19.3. The normalized spacial score (nSPS) is 11.3. The van der Waals surface area contributed by atoms with E-state index in [0.717, 1.165) is 0 Å². The molecule has 0 aliphatic heterocycles. The van der Waals surface area contributed by atoms with Crippen LogP contribution in [0.2, 0.25) is 0 Å². The summed E-state index contributed by atoms with van der Waals surface area (Å²) in [6.07, 6.45) is 4.49. The van der Waals surface area contributed by atoms with E-state index in [0.29, 0.717) is 28.2 Å². The van der Waals surface area contributed by atoms with Crippen LogP contribution in [0.3, 0.4) is 0 Å². The number of aromatic nitrogens is 5. The average molecular weight is 369 g/mol. The van der Waals surface area contributed by atoms with Gasteiger partial charge in [-0.2, -0.15) is 18.6 Å². The maximum atomic E-state index is 12.9. The molecule has 136 valence electrons. The molecule has 0 saturated heterocycles. The quantitative estimate of drug-likeness (QED) is 0.553. The summed E-state index contributed by atoms with van der Waals surface area (Å²) in [4.78, 5) is 20.8. The van der Waals surface area contributed by atoms with E-state index in [9.17, 15) is 13.6 Å². The van der Waals surface area contributed by atoms with E-state index in [2.05, 4.69) is 19.8 Å². The largest absolute Gasteiger partial charge is 0.417 e. The molecule has 0 atom stereocenters. The van der Waals surface area contributed by atoms with E-state index in [4.69, 9.17) is 0 Å². The van der Waals surface area contributed by atoms with Crippen LogP contribution in [0.25, 0.3) is 22.5 Å². The molecule has 0 aromatic carbocycles. The van der Waals surface area contributed by atoms with Crippen LogP contribution in [-0.4, -0.2) is 30.8 Å². The first-order valence-electron chi connectivity index (χ1n) is 7.97. The maximum Gasteiger partial charge on any atom is 0.388 e. The zero-order valence-corrected chi connectivity index (χ0v) is 14.1. The van der Waals surface area contributed by atoms with Crippen LogP contribution in [0.1, 0.15) is 5.69 Å². The molecule has 0 unspecified atom stereocenters. The van der Waals surface area contributed by atoms with Crippen molar-refractivity contribution >= 4 is 5.52 Å². The lowest BCUT2D eigenvalue weighted by Gasteiger charge is -2.06. The highest BCUT2D eigenvalue weighted by Crippen LogP contribution is 2.28.